The molecule has 1 atom stereocenters. The van der Waals surface area contributed by atoms with Crippen LogP contribution in [0, 0.1) is 0 Å². The molecule has 1 saturated heterocycles. The normalized spacial score (nSPS) is 22.1. The Bertz CT molecular complexity index is 532. The Morgan fingerprint density at radius 3 is 2.75 bits per heavy atom. The van der Waals surface area contributed by atoms with E-state index in [1.54, 1.807) is 13.1 Å². The maximum absolute atomic E-state index is 12.3. The number of nitrogens with zero attached hydrogens (tertiary/aromatic N) is 2. The van der Waals surface area contributed by atoms with Gasteiger partial charge in [0.15, 0.2) is 0 Å². The fraction of sp³-hybridized carbons (Fsp3) is 0.500. The quantitative estimate of drug-likeness (QED) is 0.803. The fourth-order valence-corrected chi connectivity index (χ4v) is 2.16. The second-order valence-corrected chi connectivity index (χ2v) is 5.09. The van der Waals surface area contributed by atoms with E-state index in [4.69, 9.17) is 0 Å². The van der Waals surface area contributed by atoms with Crippen LogP contribution in [0.2, 0.25) is 0 Å². The largest absolute Gasteiger partial charge is 0.370 e. The summed E-state index contributed by atoms with van der Waals surface area (Å²) in [5, 5.41) is 5.85. The molecular weight excluding hydrogens is 256 g/mol. The lowest BCUT2D eigenvalue weighted by atomic mass is 9.99. The summed E-state index contributed by atoms with van der Waals surface area (Å²) in [6.45, 7) is 6.66. The molecule has 20 heavy (non-hydrogen) atoms. The monoisotopic (exact) mass is 276 g/mol. The second-order valence-electron chi connectivity index (χ2n) is 5.09. The number of pyridine rings is 1. The zero-order valence-electron chi connectivity index (χ0n) is 12.1. The molecule has 1 aliphatic rings. The van der Waals surface area contributed by atoms with Crippen LogP contribution in [0.5, 0.6) is 0 Å². The summed E-state index contributed by atoms with van der Waals surface area (Å²) in [6, 6.07) is 3.33. The molecule has 0 saturated carbocycles. The number of carbonyl (C=O) groups excluding carboxylic acids is 2. The maximum Gasteiger partial charge on any atom is 0.325 e. The number of hydrogen-bond donors (Lipinski definition) is 2. The molecule has 2 heterocycles. The third kappa shape index (κ3) is 2.59. The van der Waals surface area contributed by atoms with Crippen molar-refractivity contribution in [2.75, 3.05) is 11.9 Å². The average Bonchev–Trinajstić information content (AvgIpc) is 2.64. The first kappa shape index (κ1) is 14.3. The van der Waals surface area contributed by atoms with Gasteiger partial charge in [-0.15, -0.1) is 0 Å². The molecule has 1 aromatic heterocycles. The third-order valence-electron chi connectivity index (χ3n) is 3.58. The molecule has 2 rings (SSSR count). The first-order valence-corrected chi connectivity index (χ1v) is 6.83. The minimum absolute atomic E-state index is 0.174. The van der Waals surface area contributed by atoms with Crippen LogP contribution in [0.4, 0.5) is 10.6 Å². The van der Waals surface area contributed by atoms with E-state index >= 15 is 0 Å². The molecule has 1 unspecified atom stereocenters. The molecule has 6 nitrogen and oxygen atoms in total. The van der Waals surface area contributed by atoms with Crippen molar-refractivity contribution in [1.82, 2.24) is 15.2 Å². The predicted molar refractivity (Wildman–Crippen MR) is 76.2 cm³/mol. The van der Waals surface area contributed by atoms with Crippen molar-refractivity contribution in [3.8, 4) is 0 Å². The highest BCUT2D eigenvalue weighted by atomic mass is 16.2. The topological polar surface area (TPSA) is 74.3 Å². The highest BCUT2D eigenvalue weighted by Gasteiger charge is 2.46. The number of nitrogens with one attached hydrogen (secondary N) is 2. The van der Waals surface area contributed by atoms with E-state index in [2.05, 4.69) is 15.6 Å². The lowest BCUT2D eigenvalue weighted by Gasteiger charge is -2.19. The highest BCUT2D eigenvalue weighted by Crippen LogP contribution is 2.22. The van der Waals surface area contributed by atoms with E-state index in [-0.39, 0.29) is 18.5 Å². The van der Waals surface area contributed by atoms with Gasteiger partial charge in [-0.2, -0.15) is 0 Å². The summed E-state index contributed by atoms with van der Waals surface area (Å²) < 4.78 is 0. The molecule has 0 radical (unpaired) electrons. The van der Waals surface area contributed by atoms with E-state index < -0.39 is 5.54 Å². The van der Waals surface area contributed by atoms with E-state index in [0.29, 0.717) is 6.42 Å². The molecular formula is C14H20N4O2. The summed E-state index contributed by atoms with van der Waals surface area (Å²) in [4.78, 5) is 29.7. The van der Waals surface area contributed by atoms with Gasteiger partial charge in [-0.25, -0.2) is 9.78 Å². The zero-order valence-corrected chi connectivity index (χ0v) is 12.1. The van der Waals surface area contributed by atoms with Gasteiger partial charge in [0.1, 0.15) is 11.4 Å². The molecule has 0 aliphatic carbocycles. The molecule has 6 heteroatoms. The SMILES string of the molecule is CCNc1cc(CN2C(=O)NC(C)(CC)C2=O)ccn1. The van der Waals surface area contributed by atoms with E-state index in [1.807, 2.05) is 26.0 Å². The van der Waals surface area contributed by atoms with Crippen LogP contribution in [0.15, 0.2) is 18.3 Å². The maximum atomic E-state index is 12.3. The first-order chi connectivity index (χ1) is 9.50. The van der Waals surface area contributed by atoms with E-state index in [9.17, 15) is 9.59 Å². The lowest BCUT2D eigenvalue weighted by Crippen LogP contribution is -2.43. The Morgan fingerprint density at radius 2 is 2.15 bits per heavy atom. The van der Waals surface area contributed by atoms with Crippen molar-refractivity contribution >= 4 is 17.8 Å². The van der Waals surface area contributed by atoms with Crippen molar-refractivity contribution < 1.29 is 9.59 Å². The molecule has 1 fully saturated rings. The predicted octanol–water partition coefficient (Wildman–Crippen LogP) is 1.73. The fourth-order valence-electron chi connectivity index (χ4n) is 2.16. The zero-order chi connectivity index (χ0) is 14.8. The van der Waals surface area contributed by atoms with Gasteiger partial charge in [0.2, 0.25) is 0 Å². The van der Waals surface area contributed by atoms with Gasteiger partial charge < -0.3 is 10.6 Å². The molecule has 0 bridgehead atoms. The smallest absolute Gasteiger partial charge is 0.325 e. The Balaban J connectivity index is 2.16. The minimum atomic E-state index is -0.783. The van der Waals surface area contributed by atoms with Crippen molar-refractivity contribution in [3.63, 3.8) is 0 Å². The standard InChI is InChI=1S/C14H20N4O2/c1-4-14(3)12(19)18(13(20)17-14)9-10-6-7-16-11(8-10)15-5-2/h6-8H,4-5,9H2,1-3H3,(H,15,16)(H,17,20). The van der Waals surface area contributed by atoms with Crippen LogP contribution in [-0.4, -0.2) is 33.9 Å². The lowest BCUT2D eigenvalue weighted by molar-refractivity contribution is -0.131. The molecule has 108 valence electrons. The molecule has 0 aromatic carbocycles. The summed E-state index contributed by atoms with van der Waals surface area (Å²) in [6.07, 6.45) is 2.25. The summed E-state index contributed by atoms with van der Waals surface area (Å²) in [5.41, 5.74) is 0.0917. The van der Waals surface area contributed by atoms with Crippen LogP contribution in [0.3, 0.4) is 0 Å². The highest BCUT2D eigenvalue weighted by molar-refractivity contribution is 6.06. The number of carbonyl (C=O) groups is 2. The Morgan fingerprint density at radius 1 is 1.40 bits per heavy atom. The van der Waals surface area contributed by atoms with Crippen molar-refractivity contribution in [2.24, 2.45) is 0 Å². The third-order valence-corrected chi connectivity index (χ3v) is 3.58. The van der Waals surface area contributed by atoms with Gasteiger partial charge >= 0.3 is 6.03 Å². The summed E-state index contributed by atoms with van der Waals surface area (Å²) in [5.74, 6) is 0.571. The number of hydrogen-bond acceptors (Lipinski definition) is 4. The summed E-state index contributed by atoms with van der Waals surface area (Å²) in [7, 11) is 0. The minimum Gasteiger partial charge on any atom is -0.370 e. The van der Waals surface area contributed by atoms with Crippen molar-refractivity contribution in [2.45, 2.75) is 39.3 Å². The number of amides is 3. The van der Waals surface area contributed by atoms with Gasteiger partial charge in [0.05, 0.1) is 6.54 Å². The first-order valence-electron chi connectivity index (χ1n) is 6.83. The Hall–Kier alpha value is -2.11. The Labute approximate surface area is 118 Å². The van der Waals surface area contributed by atoms with E-state index in [1.165, 1.54) is 4.90 Å². The van der Waals surface area contributed by atoms with Crippen molar-refractivity contribution in [1.29, 1.82) is 0 Å². The molecule has 2 N–H and O–H groups in total. The van der Waals surface area contributed by atoms with Gasteiger partial charge in [0.25, 0.3) is 5.91 Å². The number of anilines is 1. The molecule has 3 amide bonds. The second kappa shape index (κ2) is 5.48. The number of aromatic nitrogens is 1. The van der Waals surface area contributed by atoms with Crippen LogP contribution in [0.1, 0.15) is 32.8 Å². The number of imide groups is 1. The summed E-state index contributed by atoms with van der Waals surface area (Å²) >= 11 is 0. The van der Waals surface area contributed by atoms with Crippen LogP contribution in [-0.2, 0) is 11.3 Å². The van der Waals surface area contributed by atoms with Gasteiger partial charge in [0, 0.05) is 12.7 Å². The van der Waals surface area contributed by atoms with Gasteiger partial charge in [-0.05, 0) is 38.0 Å². The Kier molecular flexibility index (Phi) is 3.92. The van der Waals surface area contributed by atoms with E-state index in [0.717, 1.165) is 17.9 Å². The average molecular weight is 276 g/mol. The number of urea groups is 1. The van der Waals surface area contributed by atoms with Gasteiger partial charge in [-0.1, -0.05) is 6.92 Å². The van der Waals surface area contributed by atoms with Crippen LogP contribution >= 0.6 is 0 Å². The molecule has 1 aromatic rings. The van der Waals surface area contributed by atoms with Crippen molar-refractivity contribution in [3.05, 3.63) is 23.9 Å². The van der Waals surface area contributed by atoms with Crippen LogP contribution < -0.4 is 10.6 Å². The number of rotatable bonds is 5. The molecule has 0 spiro atoms. The van der Waals surface area contributed by atoms with Crippen LogP contribution in [0.25, 0.3) is 0 Å². The van der Waals surface area contributed by atoms with Gasteiger partial charge in [-0.3, -0.25) is 9.69 Å². The molecule has 1 aliphatic heterocycles.